The Morgan fingerprint density at radius 1 is 1.27 bits per heavy atom. The van der Waals surface area contributed by atoms with Crippen LogP contribution in [0.15, 0.2) is 40.9 Å². The Kier molecular flexibility index (Phi) is 5.72. The van der Waals surface area contributed by atoms with E-state index in [1.807, 2.05) is 44.2 Å². The van der Waals surface area contributed by atoms with Crippen molar-refractivity contribution >= 4 is 5.91 Å². The van der Waals surface area contributed by atoms with Crippen molar-refractivity contribution in [2.45, 2.75) is 32.8 Å². The number of benzene rings is 1. The van der Waals surface area contributed by atoms with Crippen LogP contribution in [0, 0.1) is 5.92 Å². The van der Waals surface area contributed by atoms with Gasteiger partial charge in [-0.3, -0.25) is 4.79 Å². The minimum absolute atomic E-state index is 0.192. The van der Waals surface area contributed by atoms with E-state index in [0.29, 0.717) is 5.76 Å². The quantitative estimate of drug-likeness (QED) is 0.824. The molecule has 22 heavy (non-hydrogen) atoms. The van der Waals surface area contributed by atoms with Crippen LogP contribution in [0.1, 0.15) is 37.2 Å². The zero-order valence-electron chi connectivity index (χ0n) is 13.0. The van der Waals surface area contributed by atoms with Crippen LogP contribution in [-0.2, 0) is 0 Å². The lowest BCUT2D eigenvalue weighted by Crippen LogP contribution is -2.36. The van der Waals surface area contributed by atoms with Crippen molar-refractivity contribution in [1.82, 2.24) is 10.5 Å². The van der Waals surface area contributed by atoms with E-state index in [1.54, 1.807) is 6.07 Å². The number of hydrogen-bond donors (Lipinski definition) is 2. The highest BCUT2D eigenvalue weighted by Crippen LogP contribution is 2.19. The second-order valence-electron chi connectivity index (χ2n) is 5.30. The molecule has 2 N–H and O–H groups in total. The second kappa shape index (κ2) is 7.75. The van der Waals surface area contributed by atoms with E-state index in [-0.39, 0.29) is 24.1 Å². The number of aromatic nitrogens is 1. The summed E-state index contributed by atoms with van der Waals surface area (Å²) >= 11 is 0. The van der Waals surface area contributed by atoms with E-state index in [0.717, 1.165) is 18.4 Å². The molecule has 0 saturated carbocycles. The third kappa shape index (κ3) is 3.95. The van der Waals surface area contributed by atoms with Gasteiger partial charge in [-0.15, -0.1) is 0 Å². The molecule has 0 aliphatic rings. The molecular weight excluding hydrogens is 280 g/mol. The molecule has 1 aromatic carbocycles. The topological polar surface area (TPSA) is 75.4 Å². The van der Waals surface area contributed by atoms with Crippen LogP contribution >= 0.6 is 0 Å². The number of carbonyl (C=O) groups is 1. The third-order valence-corrected chi connectivity index (χ3v) is 3.87. The van der Waals surface area contributed by atoms with Gasteiger partial charge in [-0.05, 0) is 5.92 Å². The number of aliphatic hydroxyl groups excluding tert-OH is 1. The normalized spacial score (nSPS) is 12.4. The van der Waals surface area contributed by atoms with Crippen molar-refractivity contribution < 1.29 is 14.4 Å². The van der Waals surface area contributed by atoms with Crippen molar-refractivity contribution in [2.24, 2.45) is 5.92 Å². The summed E-state index contributed by atoms with van der Waals surface area (Å²) < 4.78 is 5.20. The monoisotopic (exact) mass is 302 g/mol. The number of nitrogens with zero attached hydrogens (tertiary/aromatic N) is 1. The van der Waals surface area contributed by atoms with E-state index in [9.17, 15) is 9.90 Å². The largest absolute Gasteiger partial charge is 0.391 e. The zero-order chi connectivity index (χ0) is 15.9. The van der Waals surface area contributed by atoms with Crippen molar-refractivity contribution in [3.05, 3.63) is 42.1 Å². The van der Waals surface area contributed by atoms with E-state index in [4.69, 9.17) is 4.52 Å². The fourth-order valence-electron chi connectivity index (χ4n) is 2.41. The number of amides is 1. The van der Waals surface area contributed by atoms with Crippen molar-refractivity contribution in [3.63, 3.8) is 0 Å². The highest BCUT2D eigenvalue weighted by Gasteiger charge is 2.18. The minimum Gasteiger partial charge on any atom is -0.391 e. The fourth-order valence-corrected chi connectivity index (χ4v) is 2.41. The molecular formula is C17H22N2O3. The summed E-state index contributed by atoms with van der Waals surface area (Å²) in [4.78, 5) is 12.0. The number of aliphatic hydroxyl groups is 1. The molecule has 0 saturated heterocycles. The van der Waals surface area contributed by atoms with Gasteiger partial charge in [-0.2, -0.15) is 0 Å². The van der Waals surface area contributed by atoms with Crippen LogP contribution in [0.3, 0.4) is 0 Å². The number of nitrogens with one attached hydrogen (secondary N) is 1. The molecule has 0 spiro atoms. The fraction of sp³-hybridized carbons (Fsp3) is 0.412. The lowest BCUT2D eigenvalue weighted by atomic mass is 9.96. The maximum atomic E-state index is 12.0. The molecule has 5 heteroatoms. The van der Waals surface area contributed by atoms with Gasteiger partial charge >= 0.3 is 0 Å². The Morgan fingerprint density at radius 2 is 1.95 bits per heavy atom. The van der Waals surface area contributed by atoms with E-state index >= 15 is 0 Å². The molecule has 0 fully saturated rings. The molecule has 0 aliphatic carbocycles. The predicted molar refractivity (Wildman–Crippen MR) is 84.4 cm³/mol. The lowest BCUT2D eigenvalue weighted by Gasteiger charge is -2.19. The summed E-state index contributed by atoms with van der Waals surface area (Å²) in [5.74, 6) is 0.403. The molecule has 2 rings (SSSR count). The first-order valence-electron chi connectivity index (χ1n) is 7.64. The first-order chi connectivity index (χ1) is 10.7. The van der Waals surface area contributed by atoms with Crippen molar-refractivity contribution in [3.8, 4) is 11.3 Å². The summed E-state index contributed by atoms with van der Waals surface area (Å²) in [6.07, 6.45) is 1.23. The van der Waals surface area contributed by atoms with Crippen LogP contribution in [-0.4, -0.2) is 28.8 Å². The van der Waals surface area contributed by atoms with Gasteiger partial charge in [0, 0.05) is 18.2 Å². The Bertz CT molecular complexity index is 591. The molecule has 5 nitrogen and oxygen atoms in total. The summed E-state index contributed by atoms with van der Waals surface area (Å²) in [7, 11) is 0. The molecule has 1 aromatic heterocycles. The molecule has 1 amide bonds. The number of hydrogen-bond acceptors (Lipinski definition) is 4. The average molecular weight is 302 g/mol. The molecule has 1 unspecified atom stereocenters. The summed E-state index contributed by atoms with van der Waals surface area (Å²) in [5, 5.41) is 16.5. The van der Waals surface area contributed by atoms with E-state index < -0.39 is 6.10 Å². The zero-order valence-corrected chi connectivity index (χ0v) is 13.0. The summed E-state index contributed by atoms with van der Waals surface area (Å²) in [6.45, 7) is 4.28. The molecule has 0 bridgehead atoms. The first kappa shape index (κ1) is 16.2. The van der Waals surface area contributed by atoms with Crippen LogP contribution in [0.5, 0.6) is 0 Å². The molecule has 0 radical (unpaired) electrons. The highest BCUT2D eigenvalue weighted by molar-refractivity contribution is 5.93. The van der Waals surface area contributed by atoms with Gasteiger partial charge in [0.15, 0.2) is 11.5 Å². The lowest BCUT2D eigenvalue weighted by molar-refractivity contribution is 0.0810. The molecule has 1 heterocycles. The molecule has 118 valence electrons. The smallest absolute Gasteiger partial charge is 0.273 e. The average Bonchev–Trinajstić information content (AvgIpc) is 3.04. The Hall–Kier alpha value is -2.14. The summed E-state index contributed by atoms with van der Waals surface area (Å²) in [6, 6.07) is 11.1. The van der Waals surface area contributed by atoms with Crippen molar-refractivity contribution in [1.29, 1.82) is 0 Å². The minimum atomic E-state index is -0.542. The van der Waals surface area contributed by atoms with Gasteiger partial charge in [-0.25, -0.2) is 0 Å². The van der Waals surface area contributed by atoms with Crippen LogP contribution in [0.25, 0.3) is 11.3 Å². The maximum Gasteiger partial charge on any atom is 0.273 e. The van der Waals surface area contributed by atoms with Gasteiger partial charge in [0.05, 0.1) is 6.10 Å². The van der Waals surface area contributed by atoms with Gasteiger partial charge in [0.2, 0.25) is 0 Å². The van der Waals surface area contributed by atoms with Gasteiger partial charge in [0.1, 0.15) is 0 Å². The molecule has 1 atom stereocenters. The highest BCUT2D eigenvalue weighted by atomic mass is 16.5. The third-order valence-electron chi connectivity index (χ3n) is 3.87. The standard InChI is InChI=1S/C17H22N2O3/c1-3-12(4-2)15(20)11-18-17(21)14-10-16(22-19-14)13-8-6-5-7-9-13/h5-10,12,15,20H,3-4,11H2,1-2H3,(H,18,21). The Balaban J connectivity index is 1.95. The predicted octanol–water partition coefficient (Wildman–Crippen LogP) is 2.87. The second-order valence-corrected chi connectivity index (χ2v) is 5.30. The Labute approximate surface area is 130 Å². The van der Waals surface area contributed by atoms with Gasteiger partial charge < -0.3 is 14.9 Å². The van der Waals surface area contributed by atoms with Crippen molar-refractivity contribution in [2.75, 3.05) is 6.54 Å². The molecule has 0 aliphatic heterocycles. The molecule has 2 aromatic rings. The van der Waals surface area contributed by atoms with Crippen LogP contribution in [0.4, 0.5) is 0 Å². The number of rotatable bonds is 7. The van der Waals surface area contributed by atoms with E-state index in [2.05, 4.69) is 10.5 Å². The van der Waals surface area contributed by atoms with Crippen LogP contribution in [0.2, 0.25) is 0 Å². The number of carbonyl (C=O) groups excluding carboxylic acids is 1. The van der Waals surface area contributed by atoms with Crippen LogP contribution < -0.4 is 5.32 Å². The van der Waals surface area contributed by atoms with Gasteiger partial charge in [0.25, 0.3) is 5.91 Å². The van der Waals surface area contributed by atoms with E-state index in [1.165, 1.54) is 0 Å². The first-order valence-corrected chi connectivity index (χ1v) is 7.64. The maximum absolute atomic E-state index is 12.0. The SMILES string of the molecule is CCC(CC)C(O)CNC(=O)c1cc(-c2ccccc2)on1. The summed E-state index contributed by atoms with van der Waals surface area (Å²) in [5.41, 5.74) is 1.08. The van der Waals surface area contributed by atoms with Gasteiger partial charge in [-0.1, -0.05) is 62.2 Å². The Morgan fingerprint density at radius 3 is 2.59 bits per heavy atom.